The molecule has 2 heterocycles. The van der Waals surface area contributed by atoms with Crippen molar-refractivity contribution in [3.8, 4) is 0 Å². The molecule has 0 aromatic carbocycles. The molecular formula is C17H26BrNOS. The average molecular weight is 372 g/mol. The molecule has 118 valence electrons. The van der Waals surface area contributed by atoms with Crippen LogP contribution in [-0.2, 0) is 4.74 Å². The Morgan fingerprint density at radius 3 is 2.86 bits per heavy atom. The topological polar surface area (TPSA) is 21.3 Å². The average Bonchev–Trinajstić information content (AvgIpc) is 3.04. The predicted octanol–water partition coefficient (Wildman–Crippen LogP) is 5.21. The van der Waals surface area contributed by atoms with E-state index in [2.05, 4.69) is 41.2 Å². The second-order valence-corrected chi connectivity index (χ2v) is 9.03. The Morgan fingerprint density at radius 2 is 2.24 bits per heavy atom. The van der Waals surface area contributed by atoms with Gasteiger partial charge in [0.1, 0.15) is 0 Å². The van der Waals surface area contributed by atoms with E-state index in [0.717, 1.165) is 13.2 Å². The Balaban J connectivity index is 1.79. The van der Waals surface area contributed by atoms with E-state index in [9.17, 15) is 0 Å². The lowest BCUT2D eigenvalue weighted by atomic mass is 9.80. The molecule has 2 nitrogen and oxygen atoms in total. The second kappa shape index (κ2) is 6.69. The van der Waals surface area contributed by atoms with Gasteiger partial charge in [-0.25, -0.2) is 0 Å². The van der Waals surface area contributed by atoms with Crippen molar-refractivity contribution < 1.29 is 4.74 Å². The first-order chi connectivity index (χ1) is 10.1. The van der Waals surface area contributed by atoms with Crippen LogP contribution in [0.25, 0.3) is 0 Å². The van der Waals surface area contributed by atoms with Crippen molar-refractivity contribution in [1.82, 2.24) is 5.32 Å². The van der Waals surface area contributed by atoms with Crippen LogP contribution in [0.4, 0.5) is 0 Å². The standard InChI is InChI=1S/C17H26BrNOS/c1-3-19-15(14-10-12(2)16(18)21-14)13-6-9-20-17(11-13)7-4-5-8-17/h10,13,15,19H,3-9,11H2,1-2H3. The zero-order chi connectivity index (χ0) is 14.9. The van der Waals surface area contributed by atoms with Crippen LogP contribution >= 0.6 is 27.3 Å². The van der Waals surface area contributed by atoms with Crippen molar-refractivity contribution in [2.75, 3.05) is 13.2 Å². The van der Waals surface area contributed by atoms with Gasteiger partial charge in [-0.1, -0.05) is 19.8 Å². The highest BCUT2D eigenvalue weighted by atomic mass is 79.9. The van der Waals surface area contributed by atoms with Crippen LogP contribution in [0.5, 0.6) is 0 Å². The van der Waals surface area contributed by atoms with Gasteiger partial charge in [-0.3, -0.25) is 0 Å². The third-order valence-corrected chi connectivity index (χ3v) is 7.34. The van der Waals surface area contributed by atoms with E-state index in [1.165, 1.54) is 52.8 Å². The Kier molecular flexibility index (Phi) is 5.09. The highest BCUT2D eigenvalue weighted by Gasteiger charge is 2.42. The molecule has 1 saturated carbocycles. The monoisotopic (exact) mass is 371 g/mol. The van der Waals surface area contributed by atoms with Crippen LogP contribution in [0.1, 0.15) is 61.9 Å². The van der Waals surface area contributed by atoms with Crippen LogP contribution in [0.2, 0.25) is 0 Å². The maximum Gasteiger partial charge on any atom is 0.0731 e. The summed E-state index contributed by atoms with van der Waals surface area (Å²) < 4.78 is 7.50. The number of aryl methyl sites for hydroxylation is 1. The summed E-state index contributed by atoms with van der Waals surface area (Å²) in [5.74, 6) is 0.710. The van der Waals surface area contributed by atoms with Crippen LogP contribution < -0.4 is 5.32 Å². The molecule has 21 heavy (non-hydrogen) atoms. The summed E-state index contributed by atoms with van der Waals surface area (Å²) in [5, 5.41) is 3.75. The van der Waals surface area contributed by atoms with Crippen molar-refractivity contribution in [2.24, 2.45) is 5.92 Å². The number of hydrogen-bond acceptors (Lipinski definition) is 3. The fourth-order valence-corrected chi connectivity index (χ4v) is 5.81. The molecule has 2 unspecified atom stereocenters. The van der Waals surface area contributed by atoms with Gasteiger partial charge >= 0.3 is 0 Å². The van der Waals surface area contributed by atoms with Gasteiger partial charge in [-0.2, -0.15) is 0 Å². The molecule has 1 aromatic rings. The summed E-state index contributed by atoms with van der Waals surface area (Å²) >= 11 is 5.59. The molecule has 0 amide bonds. The maximum absolute atomic E-state index is 6.22. The van der Waals surface area contributed by atoms with Gasteiger partial charge < -0.3 is 10.1 Å². The van der Waals surface area contributed by atoms with E-state index in [-0.39, 0.29) is 5.60 Å². The van der Waals surface area contributed by atoms with Gasteiger partial charge in [0.15, 0.2) is 0 Å². The van der Waals surface area contributed by atoms with Crippen molar-refractivity contribution in [3.63, 3.8) is 0 Å². The fraction of sp³-hybridized carbons (Fsp3) is 0.765. The van der Waals surface area contributed by atoms with Gasteiger partial charge in [0, 0.05) is 17.5 Å². The van der Waals surface area contributed by atoms with Crippen LogP contribution in [0.15, 0.2) is 9.85 Å². The molecule has 1 aliphatic carbocycles. The molecule has 2 atom stereocenters. The highest BCUT2D eigenvalue weighted by molar-refractivity contribution is 9.11. The summed E-state index contributed by atoms with van der Waals surface area (Å²) in [4.78, 5) is 1.49. The van der Waals surface area contributed by atoms with Gasteiger partial charge in [0.05, 0.1) is 9.39 Å². The van der Waals surface area contributed by atoms with E-state index in [1.54, 1.807) is 0 Å². The molecule has 2 fully saturated rings. The molecule has 1 aromatic heterocycles. The number of rotatable bonds is 4. The number of halogens is 1. The lowest BCUT2D eigenvalue weighted by Gasteiger charge is -2.41. The first-order valence-electron chi connectivity index (χ1n) is 8.27. The summed E-state index contributed by atoms with van der Waals surface area (Å²) in [5.41, 5.74) is 1.57. The van der Waals surface area contributed by atoms with E-state index < -0.39 is 0 Å². The van der Waals surface area contributed by atoms with Crippen molar-refractivity contribution >= 4 is 27.3 Å². The first-order valence-corrected chi connectivity index (χ1v) is 9.88. The zero-order valence-corrected chi connectivity index (χ0v) is 15.5. The Bertz CT molecular complexity index is 462. The number of ether oxygens (including phenoxy) is 1. The smallest absolute Gasteiger partial charge is 0.0731 e. The molecule has 3 rings (SSSR count). The van der Waals surface area contributed by atoms with Crippen molar-refractivity contribution in [1.29, 1.82) is 0 Å². The number of thiophene rings is 1. The van der Waals surface area contributed by atoms with E-state index in [4.69, 9.17) is 4.74 Å². The van der Waals surface area contributed by atoms with Gasteiger partial charge in [-0.15, -0.1) is 11.3 Å². The number of nitrogens with one attached hydrogen (secondary N) is 1. The second-order valence-electron chi connectivity index (χ2n) is 6.63. The van der Waals surface area contributed by atoms with Gasteiger partial charge in [0.25, 0.3) is 0 Å². The van der Waals surface area contributed by atoms with E-state index >= 15 is 0 Å². The predicted molar refractivity (Wildman–Crippen MR) is 93.0 cm³/mol. The summed E-state index contributed by atoms with van der Waals surface area (Å²) in [6.07, 6.45) is 7.67. The molecule has 1 saturated heterocycles. The summed E-state index contributed by atoms with van der Waals surface area (Å²) in [7, 11) is 0. The largest absolute Gasteiger partial charge is 0.375 e. The van der Waals surface area contributed by atoms with Crippen LogP contribution in [0, 0.1) is 12.8 Å². The minimum absolute atomic E-state index is 0.208. The van der Waals surface area contributed by atoms with Crippen LogP contribution in [0.3, 0.4) is 0 Å². The Morgan fingerprint density at radius 1 is 1.48 bits per heavy atom. The molecule has 1 aliphatic heterocycles. The molecule has 1 spiro atoms. The lowest BCUT2D eigenvalue weighted by Crippen LogP contribution is -2.41. The molecule has 2 aliphatic rings. The first kappa shape index (κ1) is 16.0. The SMILES string of the molecule is CCNC(c1cc(C)c(Br)s1)C1CCOC2(CCCC2)C1. The Hall–Kier alpha value is 0.1000. The fourth-order valence-electron chi connectivity index (χ4n) is 4.07. The minimum atomic E-state index is 0.208. The van der Waals surface area contributed by atoms with Gasteiger partial charge in [-0.05, 0) is 72.6 Å². The van der Waals surface area contributed by atoms with Crippen LogP contribution in [-0.4, -0.2) is 18.8 Å². The quantitative estimate of drug-likeness (QED) is 0.784. The zero-order valence-electron chi connectivity index (χ0n) is 13.1. The minimum Gasteiger partial charge on any atom is -0.375 e. The van der Waals surface area contributed by atoms with Gasteiger partial charge in [0.2, 0.25) is 0 Å². The molecular weight excluding hydrogens is 346 g/mol. The molecule has 0 bridgehead atoms. The maximum atomic E-state index is 6.22. The normalized spacial score (nSPS) is 26.3. The molecule has 0 radical (unpaired) electrons. The van der Waals surface area contributed by atoms with E-state index in [1.807, 2.05) is 11.3 Å². The summed E-state index contributed by atoms with van der Waals surface area (Å²) in [6.45, 7) is 6.38. The third-order valence-electron chi connectivity index (χ3n) is 5.12. The van der Waals surface area contributed by atoms with Crippen molar-refractivity contribution in [3.05, 3.63) is 20.3 Å². The van der Waals surface area contributed by atoms with E-state index in [0.29, 0.717) is 12.0 Å². The third kappa shape index (κ3) is 3.39. The summed E-state index contributed by atoms with van der Waals surface area (Å²) in [6, 6.07) is 2.85. The molecule has 1 N–H and O–H groups in total. The Labute approximate surface area is 140 Å². The lowest BCUT2D eigenvalue weighted by molar-refractivity contribution is -0.0979. The van der Waals surface area contributed by atoms with Crippen molar-refractivity contribution in [2.45, 2.75) is 64.0 Å². The number of hydrogen-bond donors (Lipinski definition) is 1. The molecule has 4 heteroatoms. The highest BCUT2D eigenvalue weighted by Crippen LogP contribution is 2.46.